The lowest BCUT2D eigenvalue weighted by molar-refractivity contribution is -0.326. The van der Waals surface area contributed by atoms with Gasteiger partial charge < -0.3 is 13.9 Å². The van der Waals surface area contributed by atoms with Crippen LogP contribution in [0.1, 0.15) is 30.3 Å². The zero-order valence-electron chi connectivity index (χ0n) is 14.3. The average Bonchev–Trinajstić information content (AvgIpc) is 3.21. The molecule has 27 heavy (non-hydrogen) atoms. The highest BCUT2D eigenvalue weighted by Crippen LogP contribution is 2.69. The van der Waals surface area contributed by atoms with Gasteiger partial charge in [-0.25, -0.2) is 0 Å². The number of benzene rings is 1. The predicted octanol–water partition coefficient (Wildman–Crippen LogP) is 3.40. The maximum atomic E-state index is 10.2. The van der Waals surface area contributed by atoms with Crippen LogP contribution in [-0.4, -0.2) is 11.7 Å². The molecule has 3 saturated heterocycles. The molecule has 7 nitrogen and oxygen atoms in total. The van der Waals surface area contributed by atoms with Crippen molar-refractivity contribution in [2.24, 2.45) is 10.8 Å². The van der Waals surface area contributed by atoms with Gasteiger partial charge in [0, 0.05) is 6.92 Å². The summed E-state index contributed by atoms with van der Waals surface area (Å²) in [4.78, 5) is 0. The summed E-state index contributed by atoms with van der Waals surface area (Å²) in [7, 11) is 0. The van der Waals surface area contributed by atoms with Crippen molar-refractivity contribution in [3.05, 3.63) is 60.1 Å². The first kappa shape index (κ1) is 16.8. The molecule has 3 aliphatic heterocycles. The Kier molecular flexibility index (Phi) is 3.40. The van der Waals surface area contributed by atoms with E-state index in [-0.39, 0.29) is 5.76 Å². The number of furan rings is 1. The van der Waals surface area contributed by atoms with Crippen molar-refractivity contribution in [2.45, 2.75) is 24.7 Å². The van der Waals surface area contributed by atoms with E-state index in [1.54, 1.807) is 43.3 Å². The molecule has 0 unspecified atom stereocenters. The second-order valence-electron chi connectivity index (χ2n) is 6.76. The third-order valence-corrected chi connectivity index (χ3v) is 5.45. The number of nitrogens with one attached hydrogen (secondary N) is 1. The highest BCUT2D eigenvalue weighted by Gasteiger charge is 2.80. The first-order chi connectivity index (χ1) is 13.0. The van der Waals surface area contributed by atoms with Gasteiger partial charge in [0.25, 0.3) is 0 Å². The van der Waals surface area contributed by atoms with Crippen LogP contribution in [0.5, 0.6) is 0 Å². The third-order valence-electron chi connectivity index (χ3n) is 5.45. The van der Waals surface area contributed by atoms with Crippen molar-refractivity contribution in [3.8, 4) is 18.2 Å². The van der Waals surface area contributed by atoms with Gasteiger partial charge in [-0.2, -0.15) is 15.8 Å². The van der Waals surface area contributed by atoms with Gasteiger partial charge in [-0.05, 0) is 17.7 Å². The van der Waals surface area contributed by atoms with Crippen molar-refractivity contribution in [3.63, 3.8) is 0 Å². The van der Waals surface area contributed by atoms with E-state index < -0.39 is 34.5 Å². The molecule has 0 spiro atoms. The molecule has 1 aromatic heterocycles. The summed E-state index contributed by atoms with van der Waals surface area (Å²) >= 11 is 0. The lowest BCUT2D eigenvalue weighted by Crippen LogP contribution is -2.70. The molecule has 0 saturated carbocycles. The van der Waals surface area contributed by atoms with Crippen molar-refractivity contribution < 1.29 is 13.9 Å². The quantitative estimate of drug-likeness (QED) is 0.876. The molecule has 0 radical (unpaired) electrons. The van der Waals surface area contributed by atoms with Crippen molar-refractivity contribution in [2.75, 3.05) is 0 Å². The largest absolute Gasteiger partial charge is 0.467 e. The zero-order chi connectivity index (χ0) is 19.3. The minimum Gasteiger partial charge on any atom is -0.467 e. The van der Waals surface area contributed by atoms with Crippen molar-refractivity contribution in [1.82, 2.24) is 0 Å². The van der Waals surface area contributed by atoms with Gasteiger partial charge in [0.1, 0.15) is 11.9 Å². The number of ether oxygens (including phenoxy) is 2. The van der Waals surface area contributed by atoms with E-state index in [0.29, 0.717) is 5.56 Å². The van der Waals surface area contributed by atoms with Crippen LogP contribution in [0.4, 0.5) is 0 Å². The Balaban J connectivity index is 2.06. The molecule has 2 bridgehead atoms. The summed E-state index contributed by atoms with van der Waals surface area (Å²) in [5.74, 6) is -2.60. The third kappa shape index (κ3) is 1.83. The molecule has 7 heteroatoms. The molecule has 3 aliphatic rings. The first-order valence-corrected chi connectivity index (χ1v) is 8.27. The molecular weight excluding hydrogens is 344 g/mol. The number of hydrogen-bond acceptors (Lipinski definition) is 7. The maximum Gasteiger partial charge on any atom is 0.219 e. The molecule has 5 rings (SSSR count). The fourth-order valence-electron chi connectivity index (χ4n) is 4.32. The van der Waals surface area contributed by atoms with Gasteiger partial charge in [0.2, 0.25) is 11.7 Å². The minimum absolute atomic E-state index is 0.261. The molecule has 0 amide bonds. The molecule has 0 aliphatic carbocycles. The van der Waals surface area contributed by atoms with Gasteiger partial charge in [-0.15, -0.1) is 0 Å². The number of nitriles is 3. The summed E-state index contributed by atoms with van der Waals surface area (Å²) in [6.07, 6.45) is 0.288. The summed E-state index contributed by atoms with van der Waals surface area (Å²) in [5, 5.41) is 38.9. The van der Waals surface area contributed by atoms with E-state index >= 15 is 0 Å². The summed E-state index contributed by atoms with van der Waals surface area (Å²) in [6.45, 7) is 1.58. The van der Waals surface area contributed by atoms with Crippen LogP contribution in [0.25, 0.3) is 0 Å². The zero-order valence-corrected chi connectivity index (χ0v) is 14.3. The maximum absolute atomic E-state index is 10.2. The summed E-state index contributed by atoms with van der Waals surface area (Å²) in [6, 6.07) is 18.2. The summed E-state index contributed by atoms with van der Waals surface area (Å²) < 4.78 is 17.3. The Bertz CT molecular complexity index is 1010. The van der Waals surface area contributed by atoms with E-state index in [1.807, 2.05) is 12.1 Å². The number of fused-ring (bicyclic) bond motifs is 3. The Morgan fingerprint density at radius 3 is 2.26 bits per heavy atom. The van der Waals surface area contributed by atoms with Crippen LogP contribution in [0, 0.1) is 50.2 Å². The molecule has 3 fully saturated rings. The van der Waals surface area contributed by atoms with Gasteiger partial charge in [-0.1, -0.05) is 30.3 Å². The Hall–Kier alpha value is -3.60. The van der Waals surface area contributed by atoms with Gasteiger partial charge in [-0.3, -0.25) is 5.41 Å². The predicted molar refractivity (Wildman–Crippen MR) is 90.6 cm³/mol. The molecule has 4 heterocycles. The lowest BCUT2D eigenvalue weighted by atomic mass is 9.50. The number of nitrogens with zero attached hydrogens (tertiary/aromatic N) is 3. The molecule has 1 aromatic carbocycles. The molecular formula is C20H14N4O3. The van der Waals surface area contributed by atoms with Gasteiger partial charge in [0.15, 0.2) is 10.8 Å². The van der Waals surface area contributed by atoms with E-state index in [1.165, 1.54) is 6.26 Å². The number of hydrogen-bond donors (Lipinski definition) is 1. The monoisotopic (exact) mass is 358 g/mol. The lowest BCUT2D eigenvalue weighted by Gasteiger charge is -2.60. The van der Waals surface area contributed by atoms with Crippen LogP contribution in [-0.2, 0) is 9.47 Å². The van der Waals surface area contributed by atoms with Crippen LogP contribution in [0.3, 0.4) is 0 Å². The Morgan fingerprint density at radius 1 is 1.00 bits per heavy atom. The first-order valence-electron chi connectivity index (χ1n) is 8.27. The fraction of sp³-hybridized carbons (Fsp3) is 0.300. The highest BCUT2D eigenvalue weighted by atomic mass is 16.7. The normalized spacial score (nSPS) is 33.3. The van der Waals surface area contributed by atoms with Crippen LogP contribution >= 0.6 is 0 Å². The van der Waals surface area contributed by atoms with Gasteiger partial charge in [0.05, 0.1) is 30.4 Å². The standard InChI is InChI=1S/C20H14N4O3/c1-18-15(13-6-3-2-4-7-13)19(10-21,11-22)20(12-23,17(24)27-18)16(26-18)14-8-5-9-25-14/h2-9,15-16,24H,1H3/t15-,16-,18-,20-/m1/s1. The van der Waals surface area contributed by atoms with E-state index in [0.717, 1.165) is 0 Å². The minimum atomic E-state index is -1.98. The van der Waals surface area contributed by atoms with E-state index in [2.05, 4.69) is 12.1 Å². The topological polar surface area (TPSA) is 127 Å². The Labute approximate surface area is 155 Å². The molecule has 1 N–H and O–H groups in total. The van der Waals surface area contributed by atoms with Crippen LogP contribution in [0.15, 0.2) is 53.1 Å². The van der Waals surface area contributed by atoms with Crippen molar-refractivity contribution in [1.29, 1.82) is 21.2 Å². The smallest absolute Gasteiger partial charge is 0.219 e. The second-order valence-corrected chi connectivity index (χ2v) is 6.76. The Morgan fingerprint density at radius 2 is 1.70 bits per heavy atom. The molecule has 4 atom stereocenters. The molecule has 2 aromatic rings. The van der Waals surface area contributed by atoms with Gasteiger partial charge >= 0.3 is 0 Å². The average molecular weight is 358 g/mol. The van der Waals surface area contributed by atoms with Crippen LogP contribution in [0.2, 0.25) is 0 Å². The highest BCUT2D eigenvalue weighted by molar-refractivity contribution is 5.89. The summed E-state index contributed by atoms with van der Waals surface area (Å²) in [5.41, 5.74) is -3.27. The number of rotatable bonds is 2. The molecule has 132 valence electrons. The fourth-order valence-corrected chi connectivity index (χ4v) is 4.32. The van der Waals surface area contributed by atoms with Crippen molar-refractivity contribution >= 4 is 5.90 Å². The van der Waals surface area contributed by atoms with E-state index in [9.17, 15) is 15.8 Å². The van der Waals surface area contributed by atoms with Crippen LogP contribution < -0.4 is 0 Å². The second kappa shape index (κ2) is 5.45. The van der Waals surface area contributed by atoms with E-state index in [4.69, 9.17) is 19.3 Å². The SMILES string of the molecule is C[C@]12OC(=N)[C@@](C#N)([C@@H](c3ccco3)O1)C(C#N)(C#N)[C@@H]2c1ccccc1.